The highest BCUT2D eigenvalue weighted by molar-refractivity contribution is 6.02. The van der Waals surface area contributed by atoms with Gasteiger partial charge in [0.15, 0.2) is 0 Å². The zero-order valence-electron chi connectivity index (χ0n) is 13.1. The number of alkyl halides is 3. The van der Waals surface area contributed by atoms with Crippen LogP contribution in [0.1, 0.15) is 5.56 Å². The third-order valence-electron chi connectivity index (χ3n) is 3.47. The van der Waals surface area contributed by atoms with Gasteiger partial charge in [-0.15, -0.1) is 0 Å². The number of hydrogen-bond donors (Lipinski definition) is 0. The van der Waals surface area contributed by atoms with E-state index < -0.39 is 12.1 Å². The van der Waals surface area contributed by atoms with Crippen LogP contribution >= 0.6 is 0 Å². The van der Waals surface area contributed by atoms with Gasteiger partial charge in [-0.25, -0.2) is 9.88 Å². The second-order valence-electron chi connectivity index (χ2n) is 5.34. The van der Waals surface area contributed by atoms with Crippen LogP contribution in [0.4, 0.5) is 24.7 Å². The van der Waals surface area contributed by atoms with Crippen molar-refractivity contribution in [3.8, 4) is 11.5 Å². The average Bonchev–Trinajstić information content (AvgIpc) is 3.06. The number of halogens is 3. The summed E-state index contributed by atoms with van der Waals surface area (Å²) in [6, 6.07) is 14.8. The topological polar surface area (TPSA) is 46.3 Å². The fraction of sp³-hybridized carbons (Fsp3) is 0.111. The van der Waals surface area contributed by atoms with Crippen LogP contribution in [0.2, 0.25) is 0 Å². The van der Waals surface area contributed by atoms with Crippen LogP contribution in [-0.4, -0.2) is 17.1 Å². The lowest BCUT2D eigenvalue weighted by Gasteiger charge is -2.21. The minimum Gasteiger partial charge on any atom is -0.420 e. The SMILES string of the molecule is Cc1ccc(N(C(=O)C(F)(F)F)c2cnc(-c3ccccc3)o2)cc1. The van der Waals surface area contributed by atoms with Gasteiger partial charge in [0.2, 0.25) is 11.8 Å². The van der Waals surface area contributed by atoms with Gasteiger partial charge in [0, 0.05) is 5.56 Å². The third kappa shape index (κ3) is 3.55. The Bertz CT molecular complexity index is 871. The van der Waals surface area contributed by atoms with Crippen molar-refractivity contribution in [3.63, 3.8) is 0 Å². The number of oxazole rings is 1. The fourth-order valence-corrected chi connectivity index (χ4v) is 2.25. The summed E-state index contributed by atoms with van der Waals surface area (Å²) in [7, 11) is 0. The van der Waals surface area contributed by atoms with Gasteiger partial charge in [-0.3, -0.25) is 4.79 Å². The molecule has 1 aromatic heterocycles. The number of amides is 1. The number of carbonyl (C=O) groups excluding carboxylic acids is 1. The molecule has 128 valence electrons. The van der Waals surface area contributed by atoms with E-state index in [4.69, 9.17) is 4.42 Å². The van der Waals surface area contributed by atoms with Crippen molar-refractivity contribution in [2.45, 2.75) is 13.1 Å². The number of rotatable bonds is 3. The van der Waals surface area contributed by atoms with Crippen LogP contribution < -0.4 is 4.90 Å². The Kier molecular flexibility index (Phi) is 4.31. The summed E-state index contributed by atoms with van der Waals surface area (Å²) < 4.78 is 44.5. The van der Waals surface area contributed by atoms with Crippen molar-refractivity contribution in [2.75, 3.05) is 4.90 Å². The summed E-state index contributed by atoms with van der Waals surface area (Å²) in [5, 5.41) is 0. The van der Waals surface area contributed by atoms with Gasteiger partial charge in [-0.2, -0.15) is 13.2 Å². The zero-order chi connectivity index (χ0) is 18.0. The lowest BCUT2D eigenvalue weighted by atomic mass is 10.2. The summed E-state index contributed by atoms with van der Waals surface area (Å²) >= 11 is 0. The minimum atomic E-state index is -5.05. The molecule has 0 aliphatic heterocycles. The van der Waals surface area contributed by atoms with Crippen LogP contribution in [-0.2, 0) is 4.79 Å². The molecule has 3 rings (SSSR count). The first-order valence-electron chi connectivity index (χ1n) is 7.35. The van der Waals surface area contributed by atoms with Crippen molar-refractivity contribution in [1.82, 2.24) is 4.98 Å². The van der Waals surface area contributed by atoms with Crippen LogP contribution in [0.15, 0.2) is 65.2 Å². The molecule has 0 radical (unpaired) electrons. The van der Waals surface area contributed by atoms with Gasteiger partial charge >= 0.3 is 12.1 Å². The summed E-state index contributed by atoms with van der Waals surface area (Å²) in [5.74, 6) is -2.22. The molecule has 0 saturated heterocycles. The van der Waals surface area contributed by atoms with E-state index in [-0.39, 0.29) is 17.5 Å². The van der Waals surface area contributed by atoms with Gasteiger partial charge < -0.3 is 4.42 Å². The first-order valence-corrected chi connectivity index (χ1v) is 7.35. The number of nitrogens with zero attached hydrogens (tertiary/aromatic N) is 2. The first kappa shape index (κ1) is 16.8. The van der Waals surface area contributed by atoms with Crippen LogP contribution in [0.25, 0.3) is 11.5 Å². The second kappa shape index (κ2) is 6.43. The van der Waals surface area contributed by atoms with E-state index in [1.54, 1.807) is 49.4 Å². The quantitative estimate of drug-likeness (QED) is 0.679. The van der Waals surface area contributed by atoms with Crippen molar-refractivity contribution in [3.05, 3.63) is 66.4 Å². The van der Waals surface area contributed by atoms with E-state index in [1.165, 1.54) is 12.1 Å². The van der Waals surface area contributed by atoms with Crippen LogP contribution in [0.3, 0.4) is 0 Å². The molecule has 0 aliphatic carbocycles. The Morgan fingerprint density at radius 3 is 2.28 bits per heavy atom. The monoisotopic (exact) mass is 346 g/mol. The van der Waals surface area contributed by atoms with E-state index in [9.17, 15) is 18.0 Å². The summed E-state index contributed by atoms with van der Waals surface area (Å²) in [5.41, 5.74) is 1.49. The smallest absolute Gasteiger partial charge is 0.420 e. The Hall–Kier alpha value is -3.09. The molecule has 7 heteroatoms. The molecule has 0 unspecified atom stereocenters. The van der Waals surface area contributed by atoms with Crippen molar-refractivity contribution in [2.24, 2.45) is 0 Å². The van der Waals surface area contributed by atoms with Gasteiger partial charge in [-0.05, 0) is 31.2 Å². The molecule has 0 fully saturated rings. The molecule has 0 atom stereocenters. The molecule has 0 spiro atoms. The average molecular weight is 346 g/mol. The lowest BCUT2D eigenvalue weighted by molar-refractivity contribution is -0.169. The van der Waals surface area contributed by atoms with Gasteiger partial charge in [-0.1, -0.05) is 35.9 Å². The van der Waals surface area contributed by atoms with Crippen molar-refractivity contribution >= 4 is 17.5 Å². The normalized spacial score (nSPS) is 11.4. The molecule has 4 nitrogen and oxygen atoms in total. The molecular weight excluding hydrogens is 333 g/mol. The number of anilines is 2. The van der Waals surface area contributed by atoms with Crippen LogP contribution in [0.5, 0.6) is 0 Å². The Morgan fingerprint density at radius 1 is 1.04 bits per heavy atom. The summed E-state index contributed by atoms with van der Waals surface area (Å²) in [6.07, 6.45) is -3.95. The van der Waals surface area contributed by atoms with E-state index >= 15 is 0 Å². The molecule has 0 aliphatic rings. The second-order valence-corrected chi connectivity index (χ2v) is 5.34. The van der Waals surface area contributed by atoms with E-state index in [1.807, 2.05) is 0 Å². The molecule has 0 N–H and O–H groups in total. The number of aryl methyl sites for hydroxylation is 1. The summed E-state index contributed by atoms with van der Waals surface area (Å²) in [4.78, 5) is 16.4. The van der Waals surface area contributed by atoms with E-state index in [2.05, 4.69) is 4.98 Å². The number of benzene rings is 2. The zero-order valence-corrected chi connectivity index (χ0v) is 13.1. The Balaban J connectivity index is 2.05. The molecule has 1 amide bonds. The Labute approximate surface area is 141 Å². The largest absolute Gasteiger partial charge is 0.472 e. The predicted molar refractivity (Wildman–Crippen MR) is 86.3 cm³/mol. The minimum absolute atomic E-state index is 0.0451. The highest BCUT2D eigenvalue weighted by Crippen LogP contribution is 2.33. The third-order valence-corrected chi connectivity index (χ3v) is 3.47. The van der Waals surface area contributed by atoms with Crippen molar-refractivity contribution < 1.29 is 22.4 Å². The van der Waals surface area contributed by atoms with E-state index in [0.717, 1.165) is 11.8 Å². The molecular formula is C18H13F3N2O2. The maximum absolute atomic E-state index is 13.0. The van der Waals surface area contributed by atoms with Crippen molar-refractivity contribution in [1.29, 1.82) is 0 Å². The molecule has 3 aromatic rings. The molecule has 25 heavy (non-hydrogen) atoms. The number of carbonyl (C=O) groups is 1. The maximum atomic E-state index is 13.0. The molecule has 0 bridgehead atoms. The van der Waals surface area contributed by atoms with Gasteiger partial charge in [0.1, 0.15) is 0 Å². The van der Waals surface area contributed by atoms with E-state index in [0.29, 0.717) is 10.5 Å². The molecule has 0 saturated carbocycles. The summed E-state index contributed by atoms with van der Waals surface area (Å²) in [6.45, 7) is 1.79. The lowest BCUT2D eigenvalue weighted by Crippen LogP contribution is -2.37. The van der Waals surface area contributed by atoms with Gasteiger partial charge in [0.25, 0.3) is 0 Å². The standard InChI is InChI=1S/C18H13F3N2O2/c1-12-7-9-14(10-8-12)23(17(24)18(19,20)21)15-11-22-16(25-15)13-5-3-2-4-6-13/h2-11H,1H3. The molecule has 2 aromatic carbocycles. The number of hydrogen-bond acceptors (Lipinski definition) is 3. The highest BCUT2D eigenvalue weighted by Gasteiger charge is 2.44. The molecule has 1 heterocycles. The van der Waals surface area contributed by atoms with Gasteiger partial charge in [0.05, 0.1) is 11.9 Å². The fourth-order valence-electron chi connectivity index (χ4n) is 2.25. The van der Waals surface area contributed by atoms with Crippen LogP contribution in [0, 0.1) is 6.92 Å². The Morgan fingerprint density at radius 2 is 1.68 bits per heavy atom. The maximum Gasteiger partial charge on any atom is 0.472 e. The predicted octanol–water partition coefficient (Wildman–Crippen LogP) is 4.88. The first-order chi connectivity index (χ1) is 11.9. The number of aromatic nitrogens is 1. The highest BCUT2D eigenvalue weighted by atomic mass is 19.4.